The Morgan fingerprint density at radius 1 is 1.21 bits per heavy atom. The Balaban J connectivity index is 1.93. The van der Waals surface area contributed by atoms with Crippen LogP contribution < -0.4 is 0 Å². The van der Waals surface area contributed by atoms with Gasteiger partial charge in [-0.25, -0.2) is 9.98 Å². The van der Waals surface area contributed by atoms with Gasteiger partial charge in [0.05, 0.1) is 21.3 Å². The van der Waals surface area contributed by atoms with Crippen molar-refractivity contribution in [1.82, 2.24) is 9.88 Å². The third-order valence-corrected chi connectivity index (χ3v) is 5.41. The fourth-order valence-electron chi connectivity index (χ4n) is 2.18. The highest BCUT2D eigenvalue weighted by atomic mass is 35.5. The molecule has 0 N–H and O–H groups in total. The molecular formula is C16H12Cl3N3OS. The normalized spacial score (nSPS) is 16.5. The van der Waals surface area contributed by atoms with Crippen LogP contribution in [0.15, 0.2) is 41.5 Å². The molecule has 24 heavy (non-hydrogen) atoms. The number of halogens is 3. The van der Waals surface area contributed by atoms with E-state index in [1.807, 2.05) is 18.2 Å². The minimum Gasteiger partial charge on any atom is -0.287 e. The summed E-state index contributed by atoms with van der Waals surface area (Å²) in [6.07, 6.45) is 2.30. The van der Waals surface area contributed by atoms with E-state index in [9.17, 15) is 4.79 Å². The summed E-state index contributed by atoms with van der Waals surface area (Å²) in [5.74, 6) is 0.686. The summed E-state index contributed by atoms with van der Waals surface area (Å²) < 4.78 is 0. The van der Waals surface area contributed by atoms with Gasteiger partial charge < -0.3 is 0 Å². The number of aromatic nitrogens is 1. The molecule has 3 rings (SSSR count). The maximum Gasteiger partial charge on any atom is 0.261 e. The summed E-state index contributed by atoms with van der Waals surface area (Å²) in [5.41, 5.74) is 1.01. The molecule has 0 unspecified atom stereocenters. The second-order valence-electron chi connectivity index (χ2n) is 5.00. The van der Waals surface area contributed by atoms with Crippen LogP contribution in [0.2, 0.25) is 15.2 Å². The number of carbonyl (C=O) groups is 1. The van der Waals surface area contributed by atoms with Crippen molar-refractivity contribution < 1.29 is 4.79 Å². The Kier molecular flexibility index (Phi) is 5.66. The van der Waals surface area contributed by atoms with Crippen molar-refractivity contribution in [3.05, 3.63) is 57.3 Å². The summed E-state index contributed by atoms with van der Waals surface area (Å²) >= 11 is 19.5. The zero-order chi connectivity index (χ0) is 17.1. The number of aliphatic imine (C=N–C) groups is 1. The molecule has 4 nitrogen and oxygen atoms in total. The van der Waals surface area contributed by atoms with Gasteiger partial charge >= 0.3 is 0 Å². The van der Waals surface area contributed by atoms with Crippen LogP contribution in [-0.4, -0.2) is 33.3 Å². The first-order valence-corrected chi connectivity index (χ1v) is 9.27. The number of pyridine rings is 1. The molecule has 0 aliphatic carbocycles. The van der Waals surface area contributed by atoms with Crippen molar-refractivity contribution in [1.29, 1.82) is 0 Å². The summed E-state index contributed by atoms with van der Waals surface area (Å²) in [7, 11) is 0. The predicted octanol–water partition coefficient (Wildman–Crippen LogP) is 5.31. The number of amides is 1. The smallest absolute Gasteiger partial charge is 0.261 e. The molecule has 1 aromatic carbocycles. The standard InChI is InChI=1S/C16H12Cl3N3OS/c17-11-4-1-2-5-13(11)21-16-22(6-3-7-24-16)15(23)10-8-12(18)14(19)20-9-10/h1-2,4-5,8-9H,3,6-7H2. The molecule has 2 heterocycles. The van der Waals surface area contributed by atoms with Crippen molar-refractivity contribution in [2.45, 2.75) is 6.42 Å². The molecule has 1 amide bonds. The third-order valence-electron chi connectivity index (χ3n) is 3.35. The van der Waals surface area contributed by atoms with Gasteiger partial charge in [0.25, 0.3) is 5.91 Å². The van der Waals surface area contributed by atoms with Crippen molar-refractivity contribution in [2.24, 2.45) is 4.99 Å². The van der Waals surface area contributed by atoms with Crippen molar-refractivity contribution in [3.63, 3.8) is 0 Å². The molecule has 0 saturated carbocycles. The number of amidine groups is 1. The van der Waals surface area contributed by atoms with Gasteiger partial charge in [0.1, 0.15) is 5.15 Å². The van der Waals surface area contributed by atoms with Crippen LogP contribution in [0, 0.1) is 0 Å². The fourth-order valence-corrected chi connectivity index (χ4v) is 3.58. The van der Waals surface area contributed by atoms with E-state index in [-0.39, 0.29) is 16.1 Å². The van der Waals surface area contributed by atoms with Gasteiger partial charge in [-0.2, -0.15) is 0 Å². The number of nitrogens with zero attached hydrogens (tertiary/aromatic N) is 3. The Morgan fingerprint density at radius 3 is 2.75 bits per heavy atom. The molecule has 8 heteroatoms. The molecule has 1 aliphatic heterocycles. The van der Waals surface area contributed by atoms with Crippen molar-refractivity contribution in [3.8, 4) is 0 Å². The molecule has 0 bridgehead atoms. The molecule has 0 radical (unpaired) electrons. The summed E-state index contributed by atoms with van der Waals surface area (Å²) in [4.78, 5) is 22.9. The molecule has 1 saturated heterocycles. The van der Waals surface area contributed by atoms with Gasteiger partial charge in [-0.15, -0.1) is 0 Å². The Bertz CT molecular complexity index is 813. The van der Waals surface area contributed by atoms with Crippen LogP contribution in [0.25, 0.3) is 0 Å². The summed E-state index contributed by atoms with van der Waals surface area (Å²) in [5, 5.41) is 1.58. The van der Waals surface area contributed by atoms with Gasteiger partial charge in [0, 0.05) is 18.5 Å². The molecular weight excluding hydrogens is 389 g/mol. The van der Waals surface area contributed by atoms with Gasteiger partial charge in [0.2, 0.25) is 0 Å². The van der Waals surface area contributed by atoms with Crippen LogP contribution in [0.4, 0.5) is 5.69 Å². The first kappa shape index (κ1) is 17.5. The summed E-state index contributed by atoms with van der Waals surface area (Å²) in [6, 6.07) is 8.79. The molecule has 1 aliphatic rings. The van der Waals surface area contributed by atoms with Crippen LogP contribution in [0.3, 0.4) is 0 Å². The zero-order valence-electron chi connectivity index (χ0n) is 12.4. The van der Waals surface area contributed by atoms with E-state index in [0.29, 0.717) is 28.0 Å². The monoisotopic (exact) mass is 399 g/mol. The molecule has 0 atom stereocenters. The number of carbonyl (C=O) groups excluding carboxylic acids is 1. The first-order valence-electron chi connectivity index (χ1n) is 7.15. The largest absolute Gasteiger partial charge is 0.287 e. The van der Waals surface area contributed by atoms with Crippen LogP contribution in [-0.2, 0) is 0 Å². The average Bonchev–Trinajstić information content (AvgIpc) is 2.59. The maximum atomic E-state index is 12.8. The summed E-state index contributed by atoms with van der Waals surface area (Å²) in [6.45, 7) is 0.579. The van der Waals surface area contributed by atoms with E-state index in [0.717, 1.165) is 12.2 Å². The lowest BCUT2D eigenvalue weighted by molar-refractivity contribution is 0.0849. The van der Waals surface area contributed by atoms with Crippen LogP contribution in [0.5, 0.6) is 0 Å². The zero-order valence-corrected chi connectivity index (χ0v) is 15.5. The Hall–Kier alpha value is -1.27. The van der Waals surface area contributed by atoms with Gasteiger partial charge in [0.15, 0.2) is 5.17 Å². The minimum atomic E-state index is -0.209. The predicted molar refractivity (Wildman–Crippen MR) is 101 cm³/mol. The first-order chi connectivity index (χ1) is 11.6. The lowest BCUT2D eigenvalue weighted by Gasteiger charge is -2.27. The van der Waals surface area contributed by atoms with Crippen molar-refractivity contribution in [2.75, 3.05) is 12.3 Å². The van der Waals surface area contributed by atoms with Gasteiger partial charge in [-0.1, -0.05) is 58.7 Å². The second kappa shape index (κ2) is 7.74. The van der Waals surface area contributed by atoms with Gasteiger partial charge in [-0.3, -0.25) is 9.69 Å². The maximum absolute atomic E-state index is 12.8. The van der Waals surface area contributed by atoms with E-state index < -0.39 is 0 Å². The Morgan fingerprint density at radius 2 is 2.00 bits per heavy atom. The van der Waals surface area contributed by atoms with E-state index >= 15 is 0 Å². The molecule has 124 valence electrons. The highest BCUT2D eigenvalue weighted by Crippen LogP contribution is 2.29. The molecule has 0 spiro atoms. The Labute approximate surface area is 158 Å². The second-order valence-corrected chi connectivity index (χ2v) is 7.24. The minimum absolute atomic E-state index is 0.172. The number of rotatable bonds is 2. The third kappa shape index (κ3) is 3.86. The number of hydrogen-bond donors (Lipinski definition) is 0. The highest BCUT2D eigenvalue weighted by molar-refractivity contribution is 8.13. The average molecular weight is 401 g/mol. The lowest BCUT2D eigenvalue weighted by Crippen LogP contribution is -2.39. The highest BCUT2D eigenvalue weighted by Gasteiger charge is 2.25. The number of benzene rings is 1. The number of hydrogen-bond acceptors (Lipinski definition) is 4. The number of thioether (sulfide) groups is 1. The van der Waals surface area contributed by atoms with Crippen LogP contribution in [0.1, 0.15) is 16.8 Å². The molecule has 1 fully saturated rings. The van der Waals surface area contributed by atoms with E-state index in [2.05, 4.69) is 9.98 Å². The number of para-hydroxylation sites is 1. The lowest BCUT2D eigenvalue weighted by atomic mass is 10.2. The van der Waals surface area contributed by atoms with Gasteiger partial charge in [-0.05, 0) is 24.6 Å². The quantitative estimate of drug-likeness (QED) is 0.642. The fraction of sp³-hybridized carbons (Fsp3) is 0.188. The van der Waals surface area contributed by atoms with Crippen molar-refractivity contribution >= 4 is 63.3 Å². The van der Waals surface area contributed by atoms with E-state index in [1.54, 1.807) is 11.0 Å². The topological polar surface area (TPSA) is 45.6 Å². The molecule has 1 aromatic heterocycles. The van der Waals surface area contributed by atoms with Crippen LogP contribution >= 0.6 is 46.6 Å². The van der Waals surface area contributed by atoms with E-state index in [4.69, 9.17) is 34.8 Å². The molecule has 2 aromatic rings. The SMILES string of the molecule is O=C(c1cnc(Cl)c(Cl)c1)N1CCCSC1=Nc1ccccc1Cl. The van der Waals surface area contributed by atoms with E-state index in [1.165, 1.54) is 24.0 Å².